The van der Waals surface area contributed by atoms with Crippen LogP contribution in [0.1, 0.15) is 31.1 Å². The number of likely N-dealkylation sites (tertiary alicyclic amines) is 1. The van der Waals surface area contributed by atoms with Crippen molar-refractivity contribution in [2.24, 2.45) is 5.92 Å². The van der Waals surface area contributed by atoms with Crippen LogP contribution in [0.3, 0.4) is 0 Å². The molecule has 6 nitrogen and oxygen atoms in total. The molecule has 1 fully saturated rings. The van der Waals surface area contributed by atoms with Gasteiger partial charge < -0.3 is 23.9 Å². The first-order valence-corrected chi connectivity index (χ1v) is 10.4. The Hall–Kier alpha value is -2.99. The van der Waals surface area contributed by atoms with Crippen LogP contribution in [0.25, 0.3) is 11.0 Å². The number of para-hydroxylation sites is 2. The Morgan fingerprint density at radius 3 is 2.70 bits per heavy atom. The molecular weight excluding hydrogens is 382 g/mol. The van der Waals surface area contributed by atoms with Crippen LogP contribution in [-0.4, -0.2) is 25.3 Å². The summed E-state index contributed by atoms with van der Waals surface area (Å²) in [5.41, 5.74) is 0.860. The van der Waals surface area contributed by atoms with Gasteiger partial charge in [0.15, 0.2) is 17.1 Å². The van der Waals surface area contributed by atoms with Crippen LogP contribution in [0.2, 0.25) is 0 Å². The molecule has 2 aromatic carbocycles. The number of aromatic hydroxyl groups is 1. The molecule has 1 aliphatic heterocycles. The molecular formula is C24H28NO5+. The zero-order valence-corrected chi connectivity index (χ0v) is 17.7. The molecule has 3 aromatic rings. The third kappa shape index (κ3) is 3.87. The second kappa shape index (κ2) is 8.40. The van der Waals surface area contributed by atoms with Gasteiger partial charge in [-0.1, -0.05) is 19.1 Å². The second-order valence-corrected chi connectivity index (χ2v) is 8.14. The monoisotopic (exact) mass is 410 g/mol. The molecule has 158 valence electrons. The zero-order chi connectivity index (χ0) is 21.3. The van der Waals surface area contributed by atoms with Crippen LogP contribution in [0.15, 0.2) is 45.6 Å². The number of quaternary nitrogens is 1. The fourth-order valence-electron chi connectivity index (χ4n) is 4.30. The molecule has 1 unspecified atom stereocenters. The Morgan fingerprint density at radius 2 is 1.97 bits per heavy atom. The minimum atomic E-state index is -0.261. The van der Waals surface area contributed by atoms with Gasteiger partial charge in [0, 0.05) is 5.92 Å². The predicted octanol–water partition coefficient (Wildman–Crippen LogP) is 3.42. The largest absolute Gasteiger partial charge is 0.507 e. The van der Waals surface area contributed by atoms with Crippen LogP contribution < -0.4 is 19.8 Å². The van der Waals surface area contributed by atoms with E-state index < -0.39 is 0 Å². The maximum atomic E-state index is 13.2. The second-order valence-electron chi connectivity index (χ2n) is 8.14. The Bertz CT molecular complexity index is 1120. The molecule has 0 radical (unpaired) electrons. The van der Waals surface area contributed by atoms with Crippen molar-refractivity contribution in [1.29, 1.82) is 0 Å². The number of rotatable bonds is 5. The van der Waals surface area contributed by atoms with Gasteiger partial charge in [0.25, 0.3) is 0 Å². The Kier molecular flexibility index (Phi) is 5.68. The SMILES string of the molecule is COc1ccccc1Oc1c(C)oc2c(C[NH+]3CCC[C@@H](C)C3)c(O)ccc2c1=O. The summed E-state index contributed by atoms with van der Waals surface area (Å²) in [5, 5.41) is 10.9. The summed E-state index contributed by atoms with van der Waals surface area (Å²) < 4.78 is 17.3. The van der Waals surface area contributed by atoms with Crippen LogP contribution in [-0.2, 0) is 6.54 Å². The van der Waals surface area contributed by atoms with Gasteiger partial charge in [0.1, 0.15) is 18.1 Å². The van der Waals surface area contributed by atoms with E-state index in [4.69, 9.17) is 13.9 Å². The zero-order valence-electron chi connectivity index (χ0n) is 17.7. The highest BCUT2D eigenvalue weighted by Crippen LogP contribution is 2.34. The van der Waals surface area contributed by atoms with Crippen molar-refractivity contribution in [2.45, 2.75) is 33.2 Å². The van der Waals surface area contributed by atoms with Crippen molar-refractivity contribution in [2.75, 3.05) is 20.2 Å². The van der Waals surface area contributed by atoms with Crippen molar-refractivity contribution in [3.63, 3.8) is 0 Å². The lowest BCUT2D eigenvalue weighted by Gasteiger charge is -2.28. The van der Waals surface area contributed by atoms with E-state index in [1.807, 2.05) is 12.1 Å². The molecule has 1 aromatic heterocycles. The third-order valence-corrected chi connectivity index (χ3v) is 5.83. The highest BCUT2D eigenvalue weighted by molar-refractivity contribution is 5.83. The molecule has 30 heavy (non-hydrogen) atoms. The summed E-state index contributed by atoms with van der Waals surface area (Å²) in [4.78, 5) is 14.6. The molecule has 0 spiro atoms. The predicted molar refractivity (Wildman–Crippen MR) is 115 cm³/mol. The minimum absolute atomic E-state index is 0.127. The number of ether oxygens (including phenoxy) is 2. The first-order chi connectivity index (χ1) is 14.5. The lowest BCUT2D eigenvalue weighted by Crippen LogP contribution is -3.12. The number of fused-ring (bicyclic) bond motifs is 1. The molecule has 6 heteroatoms. The Labute approximate surface area is 175 Å². The van der Waals surface area contributed by atoms with Crippen LogP contribution in [0.4, 0.5) is 0 Å². The highest BCUT2D eigenvalue weighted by Gasteiger charge is 2.25. The van der Waals surface area contributed by atoms with Gasteiger partial charge in [-0.25, -0.2) is 0 Å². The third-order valence-electron chi connectivity index (χ3n) is 5.83. The lowest BCUT2D eigenvalue weighted by atomic mass is 9.99. The fourth-order valence-corrected chi connectivity index (χ4v) is 4.30. The van der Waals surface area contributed by atoms with Gasteiger partial charge in [0.05, 0.1) is 31.1 Å². The number of hydrogen-bond acceptors (Lipinski definition) is 5. The summed E-state index contributed by atoms with van der Waals surface area (Å²) in [6, 6.07) is 10.3. The van der Waals surface area contributed by atoms with Gasteiger partial charge in [0.2, 0.25) is 11.2 Å². The summed E-state index contributed by atoms with van der Waals surface area (Å²) in [7, 11) is 1.55. The first-order valence-electron chi connectivity index (χ1n) is 10.4. The molecule has 0 saturated carbocycles. The number of methoxy groups -OCH3 is 1. The first kappa shape index (κ1) is 20.3. The Balaban J connectivity index is 1.76. The molecule has 0 amide bonds. The van der Waals surface area contributed by atoms with E-state index in [9.17, 15) is 9.90 Å². The average molecular weight is 410 g/mol. The van der Waals surface area contributed by atoms with Crippen molar-refractivity contribution >= 4 is 11.0 Å². The highest BCUT2D eigenvalue weighted by atomic mass is 16.5. The normalized spacial score (nSPS) is 19.0. The number of aryl methyl sites for hydroxylation is 1. The number of benzene rings is 2. The number of nitrogens with one attached hydrogen (secondary N) is 1. The van der Waals surface area contributed by atoms with E-state index in [-0.39, 0.29) is 16.9 Å². The van der Waals surface area contributed by atoms with E-state index in [2.05, 4.69) is 6.92 Å². The van der Waals surface area contributed by atoms with Gasteiger partial charge in [-0.15, -0.1) is 0 Å². The topological polar surface area (TPSA) is 73.3 Å². The van der Waals surface area contributed by atoms with Crippen molar-refractivity contribution < 1.29 is 23.9 Å². The van der Waals surface area contributed by atoms with E-state index in [1.165, 1.54) is 17.7 Å². The van der Waals surface area contributed by atoms with Gasteiger partial charge in [-0.05, 0) is 44.0 Å². The van der Waals surface area contributed by atoms with Crippen molar-refractivity contribution in [3.8, 4) is 23.0 Å². The smallest absolute Gasteiger partial charge is 0.235 e. The molecule has 1 aliphatic rings. The summed E-state index contributed by atoms with van der Waals surface area (Å²) >= 11 is 0. The number of phenolic OH excluding ortho intramolecular Hbond substituents is 1. The van der Waals surface area contributed by atoms with Gasteiger partial charge in [-0.3, -0.25) is 4.79 Å². The summed E-state index contributed by atoms with van der Waals surface area (Å²) in [5.74, 6) is 2.29. The number of phenols is 1. The maximum absolute atomic E-state index is 13.2. The van der Waals surface area contributed by atoms with E-state index in [0.29, 0.717) is 46.3 Å². The molecule has 0 aliphatic carbocycles. The van der Waals surface area contributed by atoms with Crippen molar-refractivity contribution in [3.05, 3.63) is 57.9 Å². The van der Waals surface area contributed by atoms with Crippen LogP contribution in [0.5, 0.6) is 23.0 Å². The number of piperidine rings is 1. The molecule has 2 heterocycles. The fraction of sp³-hybridized carbons (Fsp3) is 0.375. The molecule has 4 rings (SSSR count). The molecule has 0 bridgehead atoms. The van der Waals surface area contributed by atoms with Gasteiger partial charge in [-0.2, -0.15) is 0 Å². The van der Waals surface area contributed by atoms with E-state index in [1.54, 1.807) is 38.3 Å². The summed E-state index contributed by atoms with van der Waals surface area (Å²) in [6.07, 6.45) is 2.41. The van der Waals surface area contributed by atoms with Crippen LogP contribution >= 0.6 is 0 Å². The van der Waals surface area contributed by atoms with E-state index >= 15 is 0 Å². The summed E-state index contributed by atoms with van der Waals surface area (Å²) in [6.45, 7) is 6.69. The minimum Gasteiger partial charge on any atom is -0.507 e. The average Bonchev–Trinajstić information content (AvgIpc) is 2.73. The Morgan fingerprint density at radius 1 is 1.20 bits per heavy atom. The number of hydrogen-bond donors (Lipinski definition) is 2. The van der Waals surface area contributed by atoms with Crippen LogP contribution in [0, 0.1) is 12.8 Å². The molecule has 2 atom stereocenters. The van der Waals surface area contributed by atoms with Crippen molar-refractivity contribution in [1.82, 2.24) is 0 Å². The standard InChI is InChI=1S/C24H27NO5/c1-15-7-6-12-25(13-15)14-18-19(26)11-10-17-22(27)23(16(2)29-24(17)18)30-21-9-5-4-8-20(21)28-3/h4-5,8-11,15,26H,6-7,12-14H2,1-3H3/p+1/t15-/m1/s1. The molecule has 1 saturated heterocycles. The molecule has 2 N–H and O–H groups in total. The lowest BCUT2D eigenvalue weighted by molar-refractivity contribution is -0.922. The van der Waals surface area contributed by atoms with E-state index in [0.717, 1.165) is 13.1 Å². The van der Waals surface area contributed by atoms with Gasteiger partial charge >= 0.3 is 0 Å². The maximum Gasteiger partial charge on any atom is 0.235 e. The quantitative estimate of drug-likeness (QED) is 0.674.